The molecule has 1 heterocycles. The van der Waals surface area contributed by atoms with Crippen LogP contribution >= 0.6 is 0 Å². The molecule has 1 aliphatic carbocycles. The molecule has 1 aromatic rings. The number of carbonyl (C=O) groups excluding carboxylic acids is 1. The van der Waals surface area contributed by atoms with Crippen LogP contribution in [0.25, 0.3) is 0 Å². The predicted molar refractivity (Wildman–Crippen MR) is 76.8 cm³/mol. The largest absolute Gasteiger partial charge is 0.299 e. The SMILES string of the molecule is O=C1CCCC1C1CCCCN1Cc1cccc(F)c1. The van der Waals surface area contributed by atoms with Crippen molar-refractivity contribution in [2.75, 3.05) is 6.54 Å². The van der Waals surface area contributed by atoms with Crippen molar-refractivity contribution < 1.29 is 9.18 Å². The Labute approximate surface area is 120 Å². The molecule has 0 radical (unpaired) electrons. The van der Waals surface area contributed by atoms with E-state index in [1.54, 1.807) is 12.1 Å². The molecule has 1 saturated carbocycles. The van der Waals surface area contributed by atoms with E-state index in [1.807, 2.05) is 6.07 Å². The molecule has 3 heteroatoms. The van der Waals surface area contributed by atoms with E-state index in [0.29, 0.717) is 11.8 Å². The summed E-state index contributed by atoms with van der Waals surface area (Å²) in [6.07, 6.45) is 6.37. The standard InChI is InChI=1S/C17H22FNO/c18-14-6-3-5-13(11-14)12-19-10-2-1-8-16(19)15-7-4-9-17(15)20/h3,5-6,11,15-16H,1-2,4,7-10,12H2. The van der Waals surface area contributed by atoms with Gasteiger partial charge in [0.1, 0.15) is 11.6 Å². The van der Waals surface area contributed by atoms with Crippen molar-refractivity contribution in [3.05, 3.63) is 35.6 Å². The van der Waals surface area contributed by atoms with Crippen LogP contribution in [0, 0.1) is 11.7 Å². The fourth-order valence-electron chi connectivity index (χ4n) is 3.79. The minimum atomic E-state index is -0.173. The van der Waals surface area contributed by atoms with E-state index in [9.17, 15) is 9.18 Å². The minimum Gasteiger partial charge on any atom is -0.299 e. The molecule has 2 aliphatic rings. The van der Waals surface area contributed by atoms with Crippen LogP contribution in [0.1, 0.15) is 44.1 Å². The highest BCUT2D eigenvalue weighted by Gasteiger charge is 2.36. The van der Waals surface area contributed by atoms with Gasteiger partial charge in [0.2, 0.25) is 0 Å². The summed E-state index contributed by atoms with van der Waals surface area (Å²) >= 11 is 0. The van der Waals surface area contributed by atoms with Crippen molar-refractivity contribution in [2.45, 2.75) is 51.1 Å². The molecule has 0 N–H and O–H groups in total. The summed E-state index contributed by atoms with van der Waals surface area (Å²) in [5.41, 5.74) is 1.02. The molecular formula is C17H22FNO. The van der Waals surface area contributed by atoms with Gasteiger partial charge in [0.15, 0.2) is 0 Å². The second-order valence-corrected chi connectivity index (χ2v) is 6.13. The number of carbonyl (C=O) groups is 1. The first kappa shape index (κ1) is 13.7. The average molecular weight is 275 g/mol. The second-order valence-electron chi connectivity index (χ2n) is 6.13. The highest BCUT2D eigenvalue weighted by Crippen LogP contribution is 2.33. The summed E-state index contributed by atoms with van der Waals surface area (Å²) in [6, 6.07) is 7.22. The lowest BCUT2D eigenvalue weighted by atomic mass is 9.88. The molecule has 0 bridgehead atoms. The molecule has 2 fully saturated rings. The Morgan fingerprint density at radius 1 is 1.20 bits per heavy atom. The van der Waals surface area contributed by atoms with Crippen molar-refractivity contribution in [1.82, 2.24) is 4.90 Å². The highest BCUT2D eigenvalue weighted by molar-refractivity contribution is 5.83. The Bertz CT molecular complexity index is 488. The van der Waals surface area contributed by atoms with E-state index in [2.05, 4.69) is 4.90 Å². The fourth-order valence-corrected chi connectivity index (χ4v) is 3.79. The van der Waals surface area contributed by atoms with Gasteiger partial charge in [0.25, 0.3) is 0 Å². The molecule has 20 heavy (non-hydrogen) atoms. The second kappa shape index (κ2) is 6.04. The molecule has 2 unspecified atom stereocenters. The Balaban J connectivity index is 1.73. The molecule has 1 aliphatic heterocycles. The quantitative estimate of drug-likeness (QED) is 0.841. The number of Topliss-reactive ketones (excluding diaryl/α,β-unsaturated/α-hetero) is 1. The number of piperidine rings is 1. The van der Waals surface area contributed by atoms with Crippen LogP contribution in [-0.2, 0) is 11.3 Å². The van der Waals surface area contributed by atoms with Crippen LogP contribution in [0.4, 0.5) is 4.39 Å². The van der Waals surface area contributed by atoms with E-state index in [-0.39, 0.29) is 11.7 Å². The van der Waals surface area contributed by atoms with Crippen LogP contribution in [-0.4, -0.2) is 23.3 Å². The van der Waals surface area contributed by atoms with E-state index in [4.69, 9.17) is 0 Å². The first-order valence-electron chi connectivity index (χ1n) is 7.75. The van der Waals surface area contributed by atoms with Gasteiger partial charge in [0.05, 0.1) is 0 Å². The topological polar surface area (TPSA) is 20.3 Å². The minimum absolute atomic E-state index is 0.173. The zero-order chi connectivity index (χ0) is 13.9. The van der Waals surface area contributed by atoms with E-state index in [1.165, 1.54) is 18.9 Å². The molecule has 108 valence electrons. The summed E-state index contributed by atoms with van der Waals surface area (Å²) in [5.74, 6) is 0.498. The Morgan fingerprint density at radius 3 is 2.85 bits per heavy atom. The summed E-state index contributed by atoms with van der Waals surface area (Å²) in [6.45, 7) is 1.80. The fraction of sp³-hybridized carbons (Fsp3) is 0.588. The van der Waals surface area contributed by atoms with Crippen molar-refractivity contribution in [3.63, 3.8) is 0 Å². The number of halogens is 1. The van der Waals surface area contributed by atoms with Gasteiger partial charge < -0.3 is 0 Å². The van der Waals surface area contributed by atoms with Gasteiger partial charge in [0, 0.05) is 24.9 Å². The lowest BCUT2D eigenvalue weighted by Crippen LogP contribution is -2.44. The normalized spacial score (nSPS) is 27.9. The average Bonchev–Trinajstić information content (AvgIpc) is 2.86. The first-order chi connectivity index (χ1) is 9.74. The number of rotatable bonds is 3. The van der Waals surface area contributed by atoms with Crippen molar-refractivity contribution in [2.24, 2.45) is 5.92 Å². The maximum atomic E-state index is 13.3. The molecule has 0 amide bonds. The number of hydrogen-bond donors (Lipinski definition) is 0. The van der Waals surface area contributed by atoms with E-state index in [0.717, 1.165) is 44.3 Å². The van der Waals surface area contributed by atoms with Crippen LogP contribution in [0.5, 0.6) is 0 Å². The third-order valence-corrected chi connectivity index (χ3v) is 4.76. The lowest BCUT2D eigenvalue weighted by molar-refractivity contribution is -0.123. The molecule has 2 atom stereocenters. The molecule has 3 rings (SSSR count). The Kier molecular flexibility index (Phi) is 4.16. The van der Waals surface area contributed by atoms with E-state index < -0.39 is 0 Å². The number of nitrogens with zero attached hydrogens (tertiary/aromatic N) is 1. The monoisotopic (exact) mass is 275 g/mol. The molecular weight excluding hydrogens is 253 g/mol. The first-order valence-corrected chi connectivity index (χ1v) is 7.75. The Morgan fingerprint density at radius 2 is 2.10 bits per heavy atom. The van der Waals surface area contributed by atoms with Crippen molar-refractivity contribution in [1.29, 1.82) is 0 Å². The smallest absolute Gasteiger partial charge is 0.137 e. The number of ketones is 1. The van der Waals surface area contributed by atoms with Gasteiger partial charge in [-0.2, -0.15) is 0 Å². The van der Waals surface area contributed by atoms with Gasteiger partial charge in [-0.15, -0.1) is 0 Å². The van der Waals surface area contributed by atoms with Crippen molar-refractivity contribution >= 4 is 5.78 Å². The summed E-state index contributed by atoms with van der Waals surface area (Å²) in [5, 5.41) is 0. The third kappa shape index (κ3) is 2.93. The highest BCUT2D eigenvalue weighted by atomic mass is 19.1. The Hall–Kier alpha value is -1.22. The van der Waals surface area contributed by atoms with Crippen LogP contribution in [0.2, 0.25) is 0 Å². The summed E-state index contributed by atoms with van der Waals surface area (Å²) in [4.78, 5) is 14.4. The third-order valence-electron chi connectivity index (χ3n) is 4.76. The van der Waals surface area contributed by atoms with Gasteiger partial charge in [-0.3, -0.25) is 9.69 Å². The van der Waals surface area contributed by atoms with Gasteiger partial charge in [-0.1, -0.05) is 18.6 Å². The molecule has 0 spiro atoms. The summed E-state index contributed by atoms with van der Waals surface area (Å²) < 4.78 is 13.3. The van der Waals surface area contributed by atoms with Crippen LogP contribution in [0.15, 0.2) is 24.3 Å². The summed E-state index contributed by atoms with van der Waals surface area (Å²) in [7, 11) is 0. The molecule has 2 nitrogen and oxygen atoms in total. The number of benzene rings is 1. The molecule has 1 aromatic carbocycles. The molecule has 0 aromatic heterocycles. The lowest BCUT2D eigenvalue weighted by Gasteiger charge is -2.38. The van der Waals surface area contributed by atoms with Gasteiger partial charge in [-0.25, -0.2) is 4.39 Å². The molecule has 1 saturated heterocycles. The number of hydrogen-bond acceptors (Lipinski definition) is 2. The van der Waals surface area contributed by atoms with Crippen LogP contribution in [0.3, 0.4) is 0 Å². The van der Waals surface area contributed by atoms with Crippen molar-refractivity contribution in [3.8, 4) is 0 Å². The zero-order valence-electron chi connectivity index (χ0n) is 11.9. The van der Waals surface area contributed by atoms with Gasteiger partial charge >= 0.3 is 0 Å². The number of likely N-dealkylation sites (tertiary alicyclic amines) is 1. The predicted octanol–water partition coefficient (Wildman–Crippen LogP) is 3.55. The maximum Gasteiger partial charge on any atom is 0.137 e. The maximum absolute atomic E-state index is 13.3. The zero-order valence-corrected chi connectivity index (χ0v) is 11.9. The van der Waals surface area contributed by atoms with Gasteiger partial charge in [-0.05, 0) is 49.9 Å². The van der Waals surface area contributed by atoms with E-state index >= 15 is 0 Å². The van der Waals surface area contributed by atoms with Crippen LogP contribution < -0.4 is 0 Å².